The normalized spacial score (nSPS) is 37.8. The maximum atomic E-state index is 9.35. The molecule has 1 rings (SSSR count). The van der Waals surface area contributed by atoms with Gasteiger partial charge >= 0.3 is 0 Å². The predicted octanol–water partition coefficient (Wildman–Crippen LogP) is -1.64. The molecule has 13 heavy (non-hydrogen) atoms. The van der Waals surface area contributed by atoms with Crippen molar-refractivity contribution < 1.29 is 25.2 Å². The van der Waals surface area contributed by atoms with Gasteiger partial charge in [-0.3, -0.25) is 0 Å². The SMILES string of the molecule is CC1(O)C=C[C@@H]([C@H](O)[C@H](O)CO)O1. The van der Waals surface area contributed by atoms with Crippen molar-refractivity contribution in [1.82, 2.24) is 0 Å². The summed E-state index contributed by atoms with van der Waals surface area (Å²) >= 11 is 0. The van der Waals surface area contributed by atoms with Crippen molar-refractivity contribution in [2.75, 3.05) is 6.61 Å². The van der Waals surface area contributed by atoms with Gasteiger partial charge < -0.3 is 25.2 Å². The van der Waals surface area contributed by atoms with E-state index in [1.165, 1.54) is 19.1 Å². The number of rotatable bonds is 3. The summed E-state index contributed by atoms with van der Waals surface area (Å²) in [6.45, 7) is 0.874. The molecule has 0 aromatic rings. The Morgan fingerprint density at radius 2 is 2.15 bits per heavy atom. The topological polar surface area (TPSA) is 90.2 Å². The quantitative estimate of drug-likeness (QED) is 0.401. The van der Waals surface area contributed by atoms with Gasteiger partial charge in [-0.05, 0) is 13.0 Å². The van der Waals surface area contributed by atoms with E-state index < -0.39 is 30.7 Å². The molecule has 0 aromatic heterocycles. The van der Waals surface area contributed by atoms with Gasteiger partial charge in [0.05, 0.1) is 6.61 Å². The summed E-state index contributed by atoms with van der Waals surface area (Å²) in [5.41, 5.74) is 0. The van der Waals surface area contributed by atoms with E-state index >= 15 is 0 Å². The van der Waals surface area contributed by atoms with Crippen LogP contribution in [-0.4, -0.2) is 51.1 Å². The summed E-state index contributed by atoms with van der Waals surface area (Å²) in [7, 11) is 0. The van der Waals surface area contributed by atoms with Crippen molar-refractivity contribution in [2.45, 2.75) is 31.0 Å². The van der Waals surface area contributed by atoms with Crippen LogP contribution in [0.4, 0.5) is 0 Å². The maximum absolute atomic E-state index is 9.35. The molecule has 1 heterocycles. The Hall–Kier alpha value is -0.460. The largest absolute Gasteiger partial charge is 0.394 e. The average Bonchev–Trinajstić information content (AvgIpc) is 2.43. The van der Waals surface area contributed by atoms with E-state index in [2.05, 4.69) is 0 Å². The van der Waals surface area contributed by atoms with E-state index in [0.717, 1.165) is 0 Å². The van der Waals surface area contributed by atoms with Crippen LogP contribution in [0.25, 0.3) is 0 Å². The first kappa shape index (κ1) is 10.6. The van der Waals surface area contributed by atoms with Crippen LogP contribution in [0.5, 0.6) is 0 Å². The second-order valence-electron chi connectivity index (χ2n) is 3.24. The highest BCUT2D eigenvalue weighted by atomic mass is 16.6. The molecule has 0 fully saturated rings. The highest BCUT2D eigenvalue weighted by Gasteiger charge is 2.35. The molecule has 5 nitrogen and oxygen atoms in total. The molecule has 76 valence electrons. The summed E-state index contributed by atoms with van der Waals surface area (Å²) in [6, 6.07) is 0. The highest BCUT2D eigenvalue weighted by molar-refractivity contribution is 5.07. The van der Waals surface area contributed by atoms with Crippen LogP contribution in [0.15, 0.2) is 12.2 Å². The van der Waals surface area contributed by atoms with Crippen LogP contribution in [0.2, 0.25) is 0 Å². The first-order valence-corrected chi connectivity index (χ1v) is 4.03. The van der Waals surface area contributed by atoms with Gasteiger partial charge in [0, 0.05) is 0 Å². The minimum absolute atomic E-state index is 0.545. The average molecular weight is 190 g/mol. The van der Waals surface area contributed by atoms with Crippen molar-refractivity contribution in [3.63, 3.8) is 0 Å². The third kappa shape index (κ3) is 2.49. The molecule has 0 radical (unpaired) electrons. The zero-order valence-corrected chi connectivity index (χ0v) is 7.29. The second kappa shape index (κ2) is 3.73. The van der Waals surface area contributed by atoms with Crippen LogP contribution in [-0.2, 0) is 4.74 Å². The van der Waals surface area contributed by atoms with Gasteiger partial charge in [0.15, 0.2) is 5.79 Å². The Bertz CT molecular complexity index is 201. The minimum atomic E-state index is -1.40. The summed E-state index contributed by atoms with van der Waals surface area (Å²) in [5, 5.41) is 36.3. The van der Waals surface area contributed by atoms with Crippen LogP contribution >= 0.6 is 0 Å². The van der Waals surface area contributed by atoms with Crippen molar-refractivity contribution >= 4 is 0 Å². The molecular weight excluding hydrogens is 176 g/mol. The first-order valence-electron chi connectivity index (χ1n) is 4.03. The van der Waals surface area contributed by atoms with Gasteiger partial charge in [0.25, 0.3) is 0 Å². The number of hydrogen-bond acceptors (Lipinski definition) is 5. The Kier molecular flexibility index (Phi) is 3.05. The lowest BCUT2D eigenvalue weighted by atomic mass is 10.1. The van der Waals surface area contributed by atoms with Gasteiger partial charge in [-0.2, -0.15) is 0 Å². The zero-order valence-electron chi connectivity index (χ0n) is 7.29. The van der Waals surface area contributed by atoms with E-state index in [9.17, 15) is 10.2 Å². The van der Waals surface area contributed by atoms with Crippen molar-refractivity contribution in [2.24, 2.45) is 0 Å². The Morgan fingerprint density at radius 1 is 1.54 bits per heavy atom. The summed E-state index contributed by atoms with van der Waals surface area (Å²) in [6.07, 6.45) is -0.440. The summed E-state index contributed by atoms with van der Waals surface area (Å²) in [5.74, 6) is -1.40. The zero-order chi connectivity index (χ0) is 10.1. The van der Waals surface area contributed by atoms with Gasteiger partial charge in [0.2, 0.25) is 0 Å². The Labute approximate surface area is 75.9 Å². The lowest BCUT2D eigenvalue weighted by Crippen LogP contribution is -2.41. The second-order valence-corrected chi connectivity index (χ2v) is 3.24. The van der Waals surface area contributed by atoms with Crippen molar-refractivity contribution in [3.8, 4) is 0 Å². The van der Waals surface area contributed by atoms with Crippen LogP contribution in [0, 0.1) is 0 Å². The van der Waals surface area contributed by atoms with Crippen LogP contribution in [0.3, 0.4) is 0 Å². The van der Waals surface area contributed by atoms with E-state index in [-0.39, 0.29) is 0 Å². The first-order chi connectivity index (χ1) is 5.96. The van der Waals surface area contributed by atoms with Gasteiger partial charge in [-0.15, -0.1) is 0 Å². The highest BCUT2D eigenvalue weighted by Crippen LogP contribution is 2.22. The molecule has 4 N–H and O–H groups in total. The fourth-order valence-electron chi connectivity index (χ4n) is 1.14. The molecule has 1 aliphatic rings. The van der Waals surface area contributed by atoms with Crippen molar-refractivity contribution in [3.05, 3.63) is 12.2 Å². The van der Waals surface area contributed by atoms with Gasteiger partial charge in [-0.25, -0.2) is 0 Å². The van der Waals surface area contributed by atoms with Crippen molar-refractivity contribution in [1.29, 1.82) is 0 Å². The molecule has 0 spiro atoms. The molecular formula is C8H14O5. The molecule has 1 unspecified atom stereocenters. The lowest BCUT2D eigenvalue weighted by Gasteiger charge is -2.24. The Balaban J connectivity index is 2.52. The van der Waals surface area contributed by atoms with Gasteiger partial charge in [-0.1, -0.05) is 6.08 Å². The van der Waals surface area contributed by atoms with Crippen LogP contribution in [0.1, 0.15) is 6.92 Å². The van der Waals surface area contributed by atoms with Crippen LogP contribution < -0.4 is 0 Å². The Morgan fingerprint density at radius 3 is 2.54 bits per heavy atom. The standard InChI is InChI=1S/C8H14O5/c1-8(12)3-2-6(13-8)7(11)5(10)4-9/h2-3,5-7,9-12H,4H2,1H3/t5-,6+,7-,8?/m1/s1. The third-order valence-electron chi connectivity index (χ3n) is 1.89. The molecule has 0 amide bonds. The number of hydrogen-bond donors (Lipinski definition) is 4. The van der Waals surface area contributed by atoms with E-state index in [0.29, 0.717) is 0 Å². The number of aliphatic hydroxyl groups excluding tert-OH is 3. The molecule has 0 saturated carbocycles. The maximum Gasteiger partial charge on any atom is 0.183 e. The summed E-state index contributed by atoms with van der Waals surface area (Å²) in [4.78, 5) is 0. The molecule has 1 aliphatic heterocycles. The molecule has 0 aromatic carbocycles. The monoisotopic (exact) mass is 190 g/mol. The predicted molar refractivity (Wildman–Crippen MR) is 43.7 cm³/mol. The van der Waals surface area contributed by atoms with E-state index in [4.69, 9.17) is 14.9 Å². The molecule has 4 atom stereocenters. The third-order valence-corrected chi connectivity index (χ3v) is 1.89. The molecule has 0 aliphatic carbocycles. The summed E-state index contributed by atoms with van der Waals surface area (Å²) < 4.78 is 4.96. The molecule has 5 heteroatoms. The van der Waals surface area contributed by atoms with Gasteiger partial charge in [0.1, 0.15) is 18.3 Å². The minimum Gasteiger partial charge on any atom is -0.394 e. The fraction of sp³-hybridized carbons (Fsp3) is 0.750. The van der Waals surface area contributed by atoms with E-state index in [1.54, 1.807) is 0 Å². The number of ether oxygens (including phenoxy) is 1. The van der Waals surface area contributed by atoms with E-state index in [1.807, 2.05) is 0 Å². The number of aliphatic hydroxyl groups is 4. The molecule has 0 bridgehead atoms. The fourth-order valence-corrected chi connectivity index (χ4v) is 1.14. The lowest BCUT2D eigenvalue weighted by molar-refractivity contribution is -0.191. The smallest absolute Gasteiger partial charge is 0.183 e. The molecule has 0 saturated heterocycles.